The molecule has 0 saturated heterocycles. The minimum absolute atomic E-state index is 0.233. The van der Waals surface area contributed by atoms with Gasteiger partial charge in [0.2, 0.25) is 0 Å². The molecule has 0 spiro atoms. The minimum atomic E-state index is 0.233. The van der Waals surface area contributed by atoms with Gasteiger partial charge in [0.15, 0.2) is 0 Å². The molecule has 2 aromatic rings. The number of rotatable bonds is 7. The number of benzene rings is 2. The summed E-state index contributed by atoms with van der Waals surface area (Å²) in [6.45, 7) is 7.37. The average Bonchev–Trinajstić information content (AvgIpc) is 2.99. The van der Waals surface area contributed by atoms with E-state index in [-0.39, 0.29) is 12.4 Å². The zero-order valence-electron chi connectivity index (χ0n) is 21.6. The highest BCUT2D eigenvalue weighted by atomic mass is 16.5. The number of carbonyl (C=O) groups excluding carboxylic acids is 1. The largest absolute Gasteiger partial charge is 0.497 e. The lowest BCUT2D eigenvalue weighted by Gasteiger charge is -2.24. The first kappa shape index (κ1) is 29.7. The van der Waals surface area contributed by atoms with Crippen molar-refractivity contribution in [3.63, 3.8) is 0 Å². The van der Waals surface area contributed by atoms with Gasteiger partial charge in [-0.25, -0.2) is 0 Å². The second kappa shape index (κ2) is 16.3. The number of aliphatic imine (C=N–C) groups is 1. The third kappa shape index (κ3) is 9.42. The van der Waals surface area contributed by atoms with Crippen LogP contribution in [0.1, 0.15) is 49.8 Å². The summed E-state index contributed by atoms with van der Waals surface area (Å²) in [7, 11) is 3.60. The first-order chi connectivity index (χ1) is 16.8. The number of hydrogen-bond donors (Lipinski definition) is 4. The van der Waals surface area contributed by atoms with Crippen molar-refractivity contribution in [1.82, 2.24) is 5.32 Å². The van der Waals surface area contributed by atoms with Crippen molar-refractivity contribution in [2.24, 2.45) is 10.7 Å². The van der Waals surface area contributed by atoms with E-state index < -0.39 is 0 Å². The van der Waals surface area contributed by atoms with E-state index in [1.165, 1.54) is 31.7 Å². The second-order valence-corrected chi connectivity index (χ2v) is 7.97. The van der Waals surface area contributed by atoms with Gasteiger partial charge in [0.25, 0.3) is 0 Å². The number of unbranched alkanes of at least 4 members (excludes halogenated alkanes) is 2. The molecule has 5 N–H and O–H groups in total. The van der Waals surface area contributed by atoms with E-state index in [0.29, 0.717) is 5.84 Å². The molecule has 3 rings (SSSR count). The Morgan fingerprint density at radius 1 is 1.20 bits per heavy atom. The van der Waals surface area contributed by atoms with Gasteiger partial charge in [-0.2, -0.15) is 0 Å². The van der Waals surface area contributed by atoms with Crippen molar-refractivity contribution in [2.75, 3.05) is 38.7 Å². The Morgan fingerprint density at radius 2 is 1.86 bits per heavy atom. The molecule has 1 aliphatic heterocycles. The van der Waals surface area contributed by atoms with E-state index in [0.717, 1.165) is 47.7 Å². The predicted molar refractivity (Wildman–Crippen MR) is 147 cm³/mol. The maximum atomic E-state index is 8.81. The van der Waals surface area contributed by atoms with E-state index >= 15 is 0 Å². The van der Waals surface area contributed by atoms with Gasteiger partial charge in [0.05, 0.1) is 25.1 Å². The predicted octanol–water partition coefficient (Wildman–Crippen LogP) is 4.18. The summed E-state index contributed by atoms with van der Waals surface area (Å²) in [6.07, 6.45) is 4.44. The first-order valence-corrected chi connectivity index (χ1v) is 11.8. The van der Waals surface area contributed by atoms with Crippen LogP contribution in [0.5, 0.6) is 5.75 Å². The van der Waals surface area contributed by atoms with Crippen LogP contribution < -0.4 is 20.7 Å². The van der Waals surface area contributed by atoms with Gasteiger partial charge >= 0.3 is 0 Å². The van der Waals surface area contributed by atoms with Crippen LogP contribution in [0.4, 0.5) is 5.69 Å². The standard InChI is InChI=1S/C19H20N4O.C6H16N2.C2H4O/c1-12-4-6-14(7-5-12)19-16-10-15(24-3)8-9-17(16)23(13(2)20)18(21)11-22-19;1-8-6-4-2-3-5-7;1-2-3/h4-10,20-21H,11H2,1-3H3;8H,2-7H2,1H3;2H,1H3. The Labute approximate surface area is 209 Å². The van der Waals surface area contributed by atoms with Gasteiger partial charge in [-0.05, 0) is 71.9 Å². The molecular weight excluding hydrogens is 440 g/mol. The van der Waals surface area contributed by atoms with E-state index in [4.69, 9.17) is 26.1 Å². The lowest BCUT2D eigenvalue weighted by molar-refractivity contribution is -0.106. The molecule has 2 aromatic carbocycles. The molecule has 0 atom stereocenters. The average molecular weight is 481 g/mol. The maximum Gasteiger partial charge on any atom is 0.128 e. The summed E-state index contributed by atoms with van der Waals surface area (Å²) >= 11 is 0. The Balaban J connectivity index is 0.000000470. The number of nitrogens with one attached hydrogen (secondary N) is 3. The van der Waals surface area contributed by atoms with Crippen molar-refractivity contribution in [3.8, 4) is 5.75 Å². The van der Waals surface area contributed by atoms with Crippen LogP contribution in [-0.2, 0) is 4.79 Å². The second-order valence-electron chi connectivity index (χ2n) is 7.97. The van der Waals surface area contributed by atoms with E-state index in [9.17, 15) is 0 Å². The molecule has 0 amide bonds. The van der Waals surface area contributed by atoms with E-state index in [1.54, 1.807) is 18.9 Å². The van der Waals surface area contributed by atoms with Crippen LogP contribution in [-0.4, -0.2) is 57.5 Å². The van der Waals surface area contributed by atoms with Crippen molar-refractivity contribution in [3.05, 3.63) is 59.2 Å². The number of anilines is 1. The number of aryl methyl sites for hydroxylation is 1. The van der Waals surface area contributed by atoms with Crippen molar-refractivity contribution < 1.29 is 9.53 Å². The number of nitrogens with two attached hydrogens (primary N) is 1. The summed E-state index contributed by atoms with van der Waals surface area (Å²) < 4.78 is 5.37. The molecule has 1 aliphatic rings. The van der Waals surface area contributed by atoms with E-state index in [1.807, 2.05) is 56.4 Å². The summed E-state index contributed by atoms with van der Waals surface area (Å²) in [6, 6.07) is 13.8. The Kier molecular flexibility index (Phi) is 13.8. The zero-order valence-corrected chi connectivity index (χ0v) is 21.6. The minimum Gasteiger partial charge on any atom is -0.497 e. The normalized spacial score (nSPS) is 12.1. The lowest BCUT2D eigenvalue weighted by Crippen LogP contribution is -2.35. The molecule has 0 fully saturated rings. The summed E-state index contributed by atoms with van der Waals surface area (Å²) in [5, 5.41) is 19.4. The van der Waals surface area contributed by atoms with Gasteiger partial charge in [-0.1, -0.05) is 36.2 Å². The number of aldehydes is 1. The molecule has 190 valence electrons. The number of methoxy groups -OCH3 is 1. The number of ether oxygens (including phenoxy) is 1. The SMILES string of the molecule is CC=O.CNCCCCCN.COc1ccc2c(c1)C(c1ccc(C)cc1)=NCC(=N)N2C(C)=N. The molecule has 8 heteroatoms. The number of benzodiazepines with no additional fused rings is 1. The zero-order chi connectivity index (χ0) is 26.2. The summed E-state index contributed by atoms with van der Waals surface area (Å²) in [5.41, 5.74) is 9.93. The number of nitrogens with zero attached hydrogens (tertiary/aromatic N) is 2. The molecular formula is C27H40N6O2. The molecule has 0 aliphatic carbocycles. The van der Waals surface area contributed by atoms with Crippen LogP contribution in [0.15, 0.2) is 47.5 Å². The van der Waals surface area contributed by atoms with Crippen molar-refractivity contribution >= 4 is 29.4 Å². The van der Waals surface area contributed by atoms with Crippen LogP contribution in [0.2, 0.25) is 0 Å². The molecule has 0 unspecified atom stereocenters. The summed E-state index contributed by atoms with van der Waals surface area (Å²) in [4.78, 5) is 15.1. The molecule has 0 bridgehead atoms. The van der Waals surface area contributed by atoms with Crippen LogP contribution in [0.3, 0.4) is 0 Å². The molecule has 0 saturated carbocycles. The van der Waals surface area contributed by atoms with Crippen molar-refractivity contribution in [1.29, 1.82) is 10.8 Å². The molecule has 0 radical (unpaired) electrons. The molecule has 35 heavy (non-hydrogen) atoms. The highest BCUT2D eigenvalue weighted by Crippen LogP contribution is 2.30. The number of amidine groups is 2. The maximum absolute atomic E-state index is 8.81. The number of carbonyl (C=O) groups is 1. The van der Waals surface area contributed by atoms with Gasteiger partial charge in [-0.3, -0.25) is 20.7 Å². The number of fused-ring (bicyclic) bond motifs is 1. The van der Waals surface area contributed by atoms with Crippen LogP contribution >= 0.6 is 0 Å². The van der Waals surface area contributed by atoms with E-state index in [2.05, 4.69) is 10.3 Å². The Bertz CT molecular complexity index is 980. The van der Waals surface area contributed by atoms with Gasteiger partial charge < -0.3 is 20.6 Å². The molecule has 0 aromatic heterocycles. The highest BCUT2D eigenvalue weighted by molar-refractivity contribution is 6.25. The quantitative estimate of drug-likeness (QED) is 0.205. The fourth-order valence-electron chi connectivity index (χ4n) is 3.45. The monoisotopic (exact) mass is 480 g/mol. The fourth-order valence-corrected chi connectivity index (χ4v) is 3.45. The third-order valence-corrected chi connectivity index (χ3v) is 5.15. The topological polar surface area (TPSA) is 128 Å². The van der Waals surface area contributed by atoms with Crippen LogP contribution in [0, 0.1) is 17.7 Å². The lowest BCUT2D eigenvalue weighted by atomic mass is 9.99. The first-order valence-electron chi connectivity index (χ1n) is 11.8. The van der Waals surface area contributed by atoms with Gasteiger partial charge in [0.1, 0.15) is 23.7 Å². The van der Waals surface area contributed by atoms with Crippen molar-refractivity contribution in [2.45, 2.75) is 40.0 Å². The van der Waals surface area contributed by atoms with Crippen LogP contribution in [0.25, 0.3) is 0 Å². The van der Waals surface area contributed by atoms with Gasteiger partial charge in [0, 0.05) is 11.1 Å². The highest BCUT2D eigenvalue weighted by Gasteiger charge is 2.24. The Hall–Kier alpha value is -3.36. The third-order valence-electron chi connectivity index (χ3n) is 5.15. The van der Waals surface area contributed by atoms with Gasteiger partial charge in [-0.15, -0.1) is 0 Å². The molecule has 8 nitrogen and oxygen atoms in total. The smallest absolute Gasteiger partial charge is 0.128 e. The summed E-state index contributed by atoms with van der Waals surface area (Å²) in [5.74, 6) is 1.31. The fraction of sp³-hybridized carbons (Fsp3) is 0.407. The number of hydrogen-bond acceptors (Lipinski definition) is 7. The molecule has 1 heterocycles. The Morgan fingerprint density at radius 3 is 2.40 bits per heavy atom.